The summed E-state index contributed by atoms with van der Waals surface area (Å²) in [6.45, 7) is 3.37. The van der Waals surface area contributed by atoms with Crippen LogP contribution in [-0.4, -0.2) is 32.9 Å². The SMILES string of the molecule is CCCC1C(=O)NC(=O)N(Cc2nc(C)no2)C1=O. The molecule has 0 radical (unpaired) electrons. The van der Waals surface area contributed by atoms with E-state index in [2.05, 4.69) is 15.5 Å². The Morgan fingerprint density at radius 1 is 1.37 bits per heavy atom. The molecule has 2 heterocycles. The highest BCUT2D eigenvalue weighted by Crippen LogP contribution is 2.17. The normalized spacial score (nSPS) is 19.8. The van der Waals surface area contributed by atoms with Crippen LogP contribution in [0.4, 0.5) is 4.79 Å². The van der Waals surface area contributed by atoms with Gasteiger partial charge in [0.05, 0.1) is 0 Å². The van der Waals surface area contributed by atoms with Gasteiger partial charge in [-0.25, -0.2) is 4.79 Å². The molecule has 1 aromatic heterocycles. The summed E-state index contributed by atoms with van der Waals surface area (Å²) in [5, 5.41) is 5.74. The molecule has 1 aliphatic heterocycles. The number of nitrogens with one attached hydrogen (secondary N) is 1. The number of aryl methyl sites for hydroxylation is 1. The Morgan fingerprint density at radius 2 is 2.11 bits per heavy atom. The topological polar surface area (TPSA) is 105 Å². The van der Waals surface area contributed by atoms with Crippen LogP contribution in [-0.2, 0) is 16.1 Å². The van der Waals surface area contributed by atoms with Gasteiger partial charge in [0.15, 0.2) is 5.82 Å². The lowest BCUT2D eigenvalue weighted by Gasteiger charge is -2.28. The second-order valence-corrected chi connectivity index (χ2v) is 4.30. The van der Waals surface area contributed by atoms with Crippen molar-refractivity contribution in [3.8, 4) is 0 Å². The number of rotatable bonds is 4. The van der Waals surface area contributed by atoms with Crippen molar-refractivity contribution in [3.63, 3.8) is 0 Å². The van der Waals surface area contributed by atoms with E-state index in [0.717, 1.165) is 4.90 Å². The number of amides is 4. The Morgan fingerprint density at radius 3 is 2.68 bits per heavy atom. The molecular weight excluding hydrogens is 252 g/mol. The second kappa shape index (κ2) is 5.17. The Bertz CT molecular complexity index is 525. The van der Waals surface area contributed by atoms with Gasteiger partial charge in [-0.2, -0.15) is 4.98 Å². The summed E-state index contributed by atoms with van der Waals surface area (Å²) in [7, 11) is 0. The summed E-state index contributed by atoms with van der Waals surface area (Å²) in [5.74, 6) is -1.32. The van der Waals surface area contributed by atoms with Gasteiger partial charge >= 0.3 is 6.03 Å². The summed E-state index contributed by atoms with van der Waals surface area (Å²) in [4.78, 5) is 40.2. The van der Waals surface area contributed by atoms with E-state index < -0.39 is 23.8 Å². The van der Waals surface area contributed by atoms with Gasteiger partial charge in [0.25, 0.3) is 0 Å². The number of carbonyl (C=O) groups excluding carboxylic acids is 3. The molecular formula is C11H14N4O4. The summed E-state index contributed by atoms with van der Waals surface area (Å²) >= 11 is 0. The zero-order valence-electron chi connectivity index (χ0n) is 10.7. The van der Waals surface area contributed by atoms with Crippen LogP contribution in [0.2, 0.25) is 0 Å². The van der Waals surface area contributed by atoms with Gasteiger partial charge in [-0.1, -0.05) is 18.5 Å². The minimum Gasteiger partial charge on any atom is -0.337 e. The quantitative estimate of drug-likeness (QED) is 0.789. The van der Waals surface area contributed by atoms with Gasteiger partial charge in [0.2, 0.25) is 17.7 Å². The molecule has 2 rings (SSSR count). The number of hydrogen-bond donors (Lipinski definition) is 1. The lowest BCUT2D eigenvalue weighted by molar-refractivity contribution is -0.143. The first-order valence-electron chi connectivity index (χ1n) is 5.98. The monoisotopic (exact) mass is 266 g/mol. The fourth-order valence-electron chi connectivity index (χ4n) is 1.89. The van der Waals surface area contributed by atoms with Crippen molar-refractivity contribution in [1.82, 2.24) is 20.4 Å². The first-order valence-corrected chi connectivity index (χ1v) is 5.98. The van der Waals surface area contributed by atoms with E-state index in [1.54, 1.807) is 6.92 Å². The standard InChI is InChI=1S/C11H14N4O4/c1-3-4-7-9(16)13-11(18)15(10(7)17)5-8-12-6(2)14-19-8/h7H,3-5H2,1-2H3,(H,13,16,18). The molecule has 102 valence electrons. The number of hydrogen-bond acceptors (Lipinski definition) is 6. The summed E-state index contributed by atoms with van der Waals surface area (Å²) in [6.07, 6.45) is 1.07. The lowest BCUT2D eigenvalue weighted by atomic mass is 9.99. The average molecular weight is 266 g/mol. The first kappa shape index (κ1) is 13.2. The number of imide groups is 2. The molecule has 0 spiro atoms. The summed E-state index contributed by atoms with van der Waals surface area (Å²) in [6, 6.07) is -0.752. The Kier molecular flexibility index (Phi) is 3.59. The van der Waals surface area contributed by atoms with E-state index in [9.17, 15) is 14.4 Å². The van der Waals surface area contributed by atoms with E-state index in [1.807, 2.05) is 6.92 Å². The van der Waals surface area contributed by atoms with E-state index >= 15 is 0 Å². The lowest BCUT2D eigenvalue weighted by Crippen LogP contribution is -2.57. The molecule has 0 aromatic carbocycles. The van der Waals surface area contributed by atoms with Crippen molar-refractivity contribution < 1.29 is 18.9 Å². The molecule has 0 aliphatic carbocycles. The summed E-state index contributed by atoms with van der Waals surface area (Å²) < 4.78 is 4.87. The van der Waals surface area contributed by atoms with Gasteiger partial charge in [-0.05, 0) is 13.3 Å². The van der Waals surface area contributed by atoms with Crippen LogP contribution in [0.1, 0.15) is 31.5 Å². The summed E-state index contributed by atoms with van der Waals surface area (Å²) in [5.41, 5.74) is 0. The fraction of sp³-hybridized carbons (Fsp3) is 0.545. The molecule has 8 heteroatoms. The van der Waals surface area contributed by atoms with Crippen LogP contribution in [0.25, 0.3) is 0 Å². The maximum absolute atomic E-state index is 12.1. The van der Waals surface area contributed by atoms with Gasteiger partial charge in [0.1, 0.15) is 12.5 Å². The molecule has 19 heavy (non-hydrogen) atoms. The molecule has 8 nitrogen and oxygen atoms in total. The first-order chi connectivity index (χ1) is 9.02. The number of urea groups is 1. The molecule has 0 saturated carbocycles. The molecule has 1 aromatic rings. The van der Waals surface area contributed by atoms with Crippen LogP contribution in [0.15, 0.2) is 4.52 Å². The van der Waals surface area contributed by atoms with E-state index in [1.165, 1.54) is 0 Å². The van der Waals surface area contributed by atoms with E-state index in [4.69, 9.17) is 4.52 Å². The highest BCUT2D eigenvalue weighted by atomic mass is 16.5. The van der Waals surface area contributed by atoms with Crippen molar-refractivity contribution in [3.05, 3.63) is 11.7 Å². The van der Waals surface area contributed by atoms with Crippen molar-refractivity contribution >= 4 is 17.8 Å². The van der Waals surface area contributed by atoms with Crippen molar-refractivity contribution in [2.75, 3.05) is 0 Å². The highest BCUT2D eigenvalue weighted by Gasteiger charge is 2.40. The van der Waals surface area contributed by atoms with Gasteiger partial charge in [-0.3, -0.25) is 19.8 Å². The number of barbiturate groups is 1. The van der Waals surface area contributed by atoms with Gasteiger partial charge < -0.3 is 4.52 Å². The van der Waals surface area contributed by atoms with Gasteiger partial charge in [-0.15, -0.1) is 0 Å². The Balaban J connectivity index is 2.16. The van der Waals surface area contributed by atoms with Crippen LogP contribution in [0.3, 0.4) is 0 Å². The molecule has 1 aliphatic rings. The number of aromatic nitrogens is 2. The molecule has 4 amide bonds. The Labute approximate surface area is 109 Å². The van der Waals surface area contributed by atoms with Crippen LogP contribution in [0.5, 0.6) is 0 Å². The van der Waals surface area contributed by atoms with Gasteiger partial charge in [0, 0.05) is 0 Å². The average Bonchev–Trinajstić information content (AvgIpc) is 2.76. The predicted octanol–water partition coefficient (Wildman–Crippen LogP) is 0.373. The van der Waals surface area contributed by atoms with Crippen molar-refractivity contribution in [2.45, 2.75) is 33.2 Å². The zero-order chi connectivity index (χ0) is 14.0. The smallest absolute Gasteiger partial charge is 0.331 e. The molecule has 0 bridgehead atoms. The Hall–Kier alpha value is -2.25. The van der Waals surface area contributed by atoms with E-state index in [-0.39, 0.29) is 12.4 Å². The maximum atomic E-state index is 12.1. The van der Waals surface area contributed by atoms with E-state index in [0.29, 0.717) is 18.7 Å². The minimum atomic E-state index is -0.827. The molecule has 1 N–H and O–H groups in total. The maximum Gasteiger partial charge on any atom is 0.331 e. The van der Waals surface area contributed by atoms with Crippen molar-refractivity contribution in [1.29, 1.82) is 0 Å². The third-order valence-electron chi connectivity index (χ3n) is 2.80. The fourth-order valence-corrected chi connectivity index (χ4v) is 1.89. The van der Waals surface area contributed by atoms with Crippen LogP contribution in [0, 0.1) is 12.8 Å². The molecule has 1 unspecified atom stereocenters. The molecule has 1 atom stereocenters. The largest absolute Gasteiger partial charge is 0.337 e. The highest BCUT2D eigenvalue weighted by molar-refractivity contribution is 6.15. The van der Waals surface area contributed by atoms with Crippen LogP contribution >= 0.6 is 0 Å². The predicted molar refractivity (Wildman–Crippen MR) is 61.5 cm³/mol. The number of carbonyl (C=O) groups is 3. The molecule has 1 saturated heterocycles. The third-order valence-corrected chi connectivity index (χ3v) is 2.80. The van der Waals surface area contributed by atoms with Crippen molar-refractivity contribution in [2.24, 2.45) is 5.92 Å². The minimum absolute atomic E-state index is 0.126. The molecule has 1 fully saturated rings. The number of nitrogens with zero attached hydrogens (tertiary/aromatic N) is 3. The second-order valence-electron chi connectivity index (χ2n) is 4.30. The zero-order valence-corrected chi connectivity index (χ0v) is 10.7. The third kappa shape index (κ3) is 2.61. The van der Waals surface area contributed by atoms with Crippen LogP contribution < -0.4 is 5.32 Å².